The van der Waals surface area contributed by atoms with Crippen molar-refractivity contribution in [2.45, 2.75) is 31.4 Å². The average molecular weight is 343 g/mol. The molecule has 0 amide bonds. The molecule has 0 spiro atoms. The molecule has 1 aliphatic rings. The van der Waals surface area contributed by atoms with Gasteiger partial charge in [-0.15, -0.1) is 0 Å². The van der Waals surface area contributed by atoms with Crippen LogP contribution in [0, 0.1) is 0 Å². The maximum Gasteiger partial charge on any atom is 0.0940 e. The molecule has 2 N–H and O–H groups in total. The lowest BCUT2D eigenvalue weighted by atomic mass is 9.93. The molecular formula is C24H25NO. The molecule has 2 unspecified atom stereocenters. The summed E-state index contributed by atoms with van der Waals surface area (Å²) in [7, 11) is 0. The van der Waals surface area contributed by atoms with E-state index in [-0.39, 0.29) is 6.04 Å². The highest BCUT2D eigenvalue weighted by atomic mass is 16.3. The Hall–Kier alpha value is -2.42. The van der Waals surface area contributed by atoms with Crippen LogP contribution in [0.2, 0.25) is 0 Å². The molecule has 3 aromatic carbocycles. The summed E-state index contributed by atoms with van der Waals surface area (Å²) in [5.74, 6) is 0.427. The van der Waals surface area contributed by atoms with Crippen LogP contribution in [0.1, 0.15) is 42.1 Å². The molecule has 0 aromatic heterocycles. The van der Waals surface area contributed by atoms with Gasteiger partial charge >= 0.3 is 0 Å². The topological polar surface area (TPSA) is 32.3 Å². The maximum atomic E-state index is 10.5. The second-order valence-electron chi connectivity index (χ2n) is 7.11. The summed E-state index contributed by atoms with van der Waals surface area (Å²) in [5, 5.41) is 14.1. The molecule has 0 heterocycles. The van der Waals surface area contributed by atoms with Crippen molar-refractivity contribution in [1.29, 1.82) is 0 Å². The van der Waals surface area contributed by atoms with Crippen LogP contribution in [-0.4, -0.2) is 17.7 Å². The van der Waals surface area contributed by atoms with Crippen LogP contribution in [0.4, 0.5) is 0 Å². The SMILES string of the molecule is CC(NCCC1c2ccccc2-c2ccccc21)C(O)c1ccccc1. The van der Waals surface area contributed by atoms with Crippen molar-refractivity contribution in [3.63, 3.8) is 0 Å². The van der Waals surface area contributed by atoms with Crippen molar-refractivity contribution in [2.75, 3.05) is 6.54 Å². The molecule has 0 saturated carbocycles. The first kappa shape index (κ1) is 17.0. The Morgan fingerprint density at radius 1 is 0.808 bits per heavy atom. The van der Waals surface area contributed by atoms with Gasteiger partial charge in [0.05, 0.1) is 6.10 Å². The summed E-state index contributed by atoms with van der Waals surface area (Å²) < 4.78 is 0. The Balaban J connectivity index is 1.44. The third-order valence-corrected chi connectivity index (χ3v) is 5.48. The van der Waals surface area contributed by atoms with Crippen LogP contribution in [0.3, 0.4) is 0 Å². The maximum absolute atomic E-state index is 10.5. The van der Waals surface area contributed by atoms with E-state index in [0.717, 1.165) is 18.5 Å². The van der Waals surface area contributed by atoms with E-state index in [1.165, 1.54) is 22.3 Å². The van der Waals surface area contributed by atoms with Gasteiger partial charge in [-0.3, -0.25) is 0 Å². The molecule has 0 radical (unpaired) electrons. The minimum absolute atomic E-state index is 0.0179. The fourth-order valence-corrected chi connectivity index (χ4v) is 4.08. The van der Waals surface area contributed by atoms with Gasteiger partial charge < -0.3 is 10.4 Å². The third-order valence-electron chi connectivity index (χ3n) is 5.48. The summed E-state index contributed by atoms with van der Waals surface area (Å²) in [6, 6.07) is 27.3. The lowest BCUT2D eigenvalue weighted by molar-refractivity contribution is 0.136. The molecular weight excluding hydrogens is 318 g/mol. The fourth-order valence-electron chi connectivity index (χ4n) is 4.08. The van der Waals surface area contributed by atoms with E-state index in [9.17, 15) is 5.11 Å². The van der Waals surface area contributed by atoms with Gasteiger partial charge in [0.25, 0.3) is 0 Å². The largest absolute Gasteiger partial charge is 0.387 e. The lowest BCUT2D eigenvalue weighted by Gasteiger charge is -2.22. The molecule has 26 heavy (non-hydrogen) atoms. The zero-order chi connectivity index (χ0) is 17.9. The van der Waals surface area contributed by atoms with Crippen LogP contribution >= 0.6 is 0 Å². The molecule has 0 saturated heterocycles. The number of nitrogens with one attached hydrogen (secondary N) is 1. The highest BCUT2D eigenvalue weighted by molar-refractivity contribution is 5.78. The van der Waals surface area contributed by atoms with Crippen molar-refractivity contribution >= 4 is 0 Å². The van der Waals surface area contributed by atoms with Crippen molar-refractivity contribution in [3.05, 3.63) is 95.6 Å². The zero-order valence-electron chi connectivity index (χ0n) is 15.1. The van der Waals surface area contributed by atoms with E-state index >= 15 is 0 Å². The summed E-state index contributed by atoms with van der Waals surface area (Å²) in [6.45, 7) is 2.92. The number of fused-ring (bicyclic) bond motifs is 3. The van der Waals surface area contributed by atoms with E-state index in [1.54, 1.807) is 0 Å². The molecule has 1 aliphatic carbocycles. The normalized spacial score (nSPS) is 15.3. The highest BCUT2D eigenvalue weighted by Gasteiger charge is 2.27. The van der Waals surface area contributed by atoms with E-state index in [1.807, 2.05) is 37.3 Å². The van der Waals surface area contributed by atoms with Gasteiger partial charge in [-0.2, -0.15) is 0 Å². The molecule has 0 aliphatic heterocycles. The predicted octanol–water partition coefficient (Wildman–Crippen LogP) is 4.90. The molecule has 0 bridgehead atoms. The van der Waals surface area contributed by atoms with Gasteiger partial charge in [0.1, 0.15) is 0 Å². The standard InChI is InChI=1S/C24H25NO/c1-17(24(26)18-9-3-2-4-10-18)25-16-15-23-21-13-7-5-11-19(21)20-12-6-8-14-22(20)23/h2-14,17,23-26H,15-16H2,1H3. The molecule has 132 valence electrons. The first-order chi connectivity index (χ1) is 12.8. The summed E-state index contributed by atoms with van der Waals surface area (Å²) in [5.41, 5.74) is 6.54. The van der Waals surface area contributed by atoms with Gasteiger partial charge in [0, 0.05) is 12.0 Å². The Labute approximate surface area is 155 Å². The summed E-state index contributed by atoms with van der Waals surface area (Å²) in [4.78, 5) is 0. The van der Waals surface area contributed by atoms with Crippen LogP contribution in [0.25, 0.3) is 11.1 Å². The number of aliphatic hydroxyl groups excluding tert-OH is 1. The second-order valence-corrected chi connectivity index (χ2v) is 7.11. The fraction of sp³-hybridized carbons (Fsp3) is 0.250. The second kappa shape index (κ2) is 7.45. The van der Waals surface area contributed by atoms with Gasteiger partial charge in [0.15, 0.2) is 0 Å². The smallest absolute Gasteiger partial charge is 0.0940 e. The Morgan fingerprint density at radius 2 is 1.35 bits per heavy atom. The first-order valence-corrected chi connectivity index (χ1v) is 9.40. The van der Waals surface area contributed by atoms with Gasteiger partial charge in [-0.05, 0) is 47.7 Å². The number of rotatable bonds is 6. The highest BCUT2D eigenvalue weighted by Crippen LogP contribution is 2.45. The minimum Gasteiger partial charge on any atom is -0.387 e. The Kier molecular flexibility index (Phi) is 4.87. The average Bonchev–Trinajstić information content (AvgIpc) is 3.02. The lowest BCUT2D eigenvalue weighted by Crippen LogP contribution is -2.33. The minimum atomic E-state index is -0.487. The Bertz CT molecular complexity index is 829. The quantitative estimate of drug-likeness (QED) is 0.667. The van der Waals surface area contributed by atoms with E-state index in [4.69, 9.17) is 0 Å². The van der Waals surface area contributed by atoms with E-state index < -0.39 is 6.10 Å². The van der Waals surface area contributed by atoms with Gasteiger partial charge in [-0.1, -0.05) is 78.9 Å². The van der Waals surface area contributed by atoms with E-state index in [2.05, 4.69) is 53.8 Å². The van der Waals surface area contributed by atoms with E-state index in [0.29, 0.717) is 5.92 Å². The van der Waals surface area contributed by atoms with Gasteiger partial charge in [0.2, 0.25) is 0 Å². The van der Waals surface area contributed by atoms with Crippen molar-refractivity contribution in [1.82, 2.24) is 5.32 Å². The number of aliphatic hydroxyl groups is 1. The van der Waals surface area contributed by atoms with Crippen molar-refractivity contribution < 1.29 is 5.11 Å². The third kappa shape index (κ3) is 3.18. The molecule has 2 heteroatoms. The zero-order valence-corrected chi connectivity index (χ0v) is 15.1. The Morgan fingerprint density at radius 3 is 1.96 bits per heavy atom. The molecule has 2 nitrogen and oxygen atoms in total. The monoisotopic (exact) mass is 343 g/mol. The van der Waals surface area contributed by atoms with Crippen LogP contribution in [0.15, 0.2) is 78.9 Å². The first-order valence-electron chi connectivity index (χ1n) is 9.40. The number of benzene rings is 3. The number of hydrogen-bond acceptors (Lipinski definition) is 2. The van der Waals surface area contributed by atoms with Crippen LogP contribution in [0.5, 0.6) is 0 Å². The summed E-state index contributed by atoms with van der Waals surface area (Å²) in [6.07, 6.45) is 0.541. The van der Waals surface area contributed by atoms with Crippen LogP contribution in [-0.2, 0) is 0 Å². The van der Waals surface area contributed by atoms with Crippen molar-refractivity contribution in [2.24, 2.45) is 0 Å². The van der Waals surface area contributed by atoms with Crippen molar-refractivity contribution in [3.8, 4) is 11.1 Å². The predicted molar refractivity (Wildman–Crippen MR) is 107 cm³/mol. The molecule has 0 fully saturated rings. The van der Waals surface area contributed by atoms with Gasteiger partial charge in [-0.25, -0.2) is 0 Å². The molecule has 2 atom stereocenters. The number of hydrogen-bond donors (Lipinski definition) is 2. The molecule has 3 aromatic rings. The molecule has 4 rings (SSSR count). The summed E-state index contributed by atoms with van der Waals surface area (Å²) >= 11 is 0. The van der Waals surface area contributed by atoms with Crippen LogP contribution < -0.4 is 5.32 Å².